The van der Waals surface area contributed by atoms with Crippen LogP contribution in [0.3, 0.4) is 0 Å². The highest BCUT2D eigenvalue weighted by Gasteiger charge is 2.23. The van der Waals surface area contributed by atoms with E-state index in [-0.39, 0.29) is 29.2 Å². The number of anilines is 1. The molecule has 2 aromatic rings. The molecule has 0 amide bonds. The number of para-hydroxylation sites is 3. The van der Waals surface area contributed by atoms with E-state index >= 15 is 0 Å². The quantitative estimate of drug-likeness (QED) is 0.371. The molecular weight excluding hydrogens is 334 g/mol. The summed E-state index contributed by atoms with van der Waals surface area (Å²) < 4.78 is 5.31. The standard InChI is InChI=1S/C19H21N3O4/c23-19(26-16-6-2-1-3-7-16)14-21-12-10-15(11-13-21)20-17-8-4-5-9-18(17)22(24)25/h1-9,15,20H,10-14H2. The molecule has 1 aliphatic rings. The zero-order valence-electron chi connectivity index (χ0n) is 14.3. The van der Waals surface area contributed by atoms with Gasteiger partial charge in [-0.3, -0.25) is 19.8 Å². The number of hydrogen-bond acceptors (Lipinski definition) is 6. The van der Waals surface area contributed by atoms with E-state index in [1.165, 1.54) is 6.07 Å². The van der Waals surface area contributed by atoms with Crippen molar-refractivity contribution in [1.82, 2.24) is 4.90 Å². The van der Waals surface area contributed by atoms with Crippen LogP contribution in [0.4, 0.5) is 11.4 Å². The summed E-state index contributed by atoms with van der Waals surface area (Å²) in [4.78, 5) is 24.8. The molecule has 1 N–H and O–H groups in total. The maximum atomic E-state index is 12.0. The third-order valence-electron chi connectivity index (χ3n) is 4.38. The second-order valence-electron chi connectivity index (χ2n) is 6.26. The zero-order valence-corrected chi connectivity index (χ0v) is 14.3. The molecule has 7 nitrogen and oxygen atoms in total. The van der Waals surface area contributed by atoms with Gasteiger partial charge >= 0.3 is 5.97 Å². The van der Waals surface area contributed by atoms with Gasteiger partial charge in [-0.15, -0.1) is 0 Å². The summed E-state index contributed by atoms with van der Waals surface area (Å²) in [5.41, 5.74) is 0.626. The van der Waals surface area contributed by atoms with Crippen LogP contribution in [-0.2, 0) is 4.79 Å². The van der Waals surface area contributed by atoms with Crippen molar-refractivity contribution in [3.05, 3.63) is 64.7 Å². The summed E-state index contributed by atoms with van der Waals surface area (Å²) in [7, 11) is 0. The number of rotatable bonds is 6. The highest BCUT2D eigenvalue weighted by molar-refractivity contribution is 5.74. The van der Waals surface area contributed by atoms with Gasteiger partial charge in [-0.2, -0.15) is 0 Å². The molecule has 1 aliphatic heterocycles. The van der Waals surface area contributed by atoms with E-state index in [1.54, 1.807) is 30.3 Å². The summed E-state index contributed by atoms with van der Waals surface area (Å²) in [6.45, 7) is 1.72. The number of nitrogens with zero attached hydrogens (tertiary/aromatic N) is 2. The number of benzene rings is 2. The summed E-state index contributed by atoms with van der Waals surface area (Å²) in [5, 5.41) is 14.4. The monoisotopic (exact) mass is 355 g/mol. The van der Waals surface area contributed by atoms with Gasteiger partial charge in [0.05, 0.1) is 11.5 Å². The largest absolute Gasteiger partial charge is 0.426 e. The van der Waals surface area contributed by atoms with Crippen molar-refractivity contribution in [1.29, 1.82) is 0 Å². The van der Waals surface area contributed by atoms with Gasteiger partial charge in [-0.25, -0.2) is 0 Å². The van der Waals surface area contributed by atoms with Gasteiger partial charge in [-0.05, 0) is 31.0 Å². The predicted octanol–water partition coefficient (Wildman–Crippen LogP) is 3.08. The van der Waals surface area contributed by atoms with Gasteiger partial charge in [-0.1, -0.05) is 30.3 Å². The van der Waals surface area contributed by atoms with E-state index in [1.807, 2.05) is 23.1 Å². The summed E-state index contributed by atoms with van der Waals surface area (Å²) in [5.74, 6) is 0.270. The molecule has 0 aliphatic carbocycles. The minimum absolute atomic E-state index is 0.0846. The first-order chi connectivity index (χ1) is 12.6. The van der Waals surface area contributed by atoms with Crippen LogP contribution in [0.25, 0.3) is 0 Å². The van der Waals surface area contributed by atoms with Crippen molar-refractivity contribution in [2.45, 2.75) is 18.9 Å². The van der Waals surface area contributed by atoms with Crippen LogP contribution in [0, 0.1) is 10.1 Å². The number of ether oxygens (including phenoxy) is 1. The molecule has 136 valence electrons. The lowest BCUT2D eigenvalue weighted by atomic mass is 10.0. The lowest BCUT2D eigenvalue weighted by Gasteiger charge is -2.32. The van der Waals surface area contributed by atoms with Crippen molar-refractivity contribution in [3.8, 4) is 5.75 Å². The average Bonchev–Trinajstić information content (AvgIpc) is 2.64. The second-order valence-corrected chi connectivity index (χ2v) is 6.26. The Balaban J connectivity index is 1.47. The predicted molar refractivity (Wildman–Crippen MR) is 98.3 cm³/mol. The molecule has 0 spiro atoms. The number of nitro benzene ring substituents is 1. The fourth-order valence-electron chi connectivity index (χ4n) is 3.05. The van der Waals surface area contributed by atoms with Crippen LogP contribution < -0.4 is 10.1 Å². The number of esters is 1. The van der Waals surface area contributed by atoms with E-state index in [0.717, 1.165) is 25.9 Å². The van der Waals surface area contributed by atoms with Crippen LogP contribution >= 0.6 is 0 Å². The molecule has 7 heteroatoms. The Morgan fingerprint density at radius 3 is 2.46 bits per heavy atom. The fourth-order valence-corrected chi connectivity index (χ4v) is 3.05. The number of nitrogens with one attached hydrogen (secondary N) is 1. The van der Waals surface area contributed by atoms with Crippen molar-refractivity contribution in [2.75, 3.05) is 25.0 Å². The molecule has 1 saturated heterocycles. The molecular formula is C19H21N3O4. The smallest absolute Gasteiger partial charge is 0.325 e. The van der Waals surface area contributed by atoms with Crippen LogP contribution in [0.5, 0.6) is 5.75 Å². The highest BCUT2D eigenvalue weighted by Crippen LogP contribution is 2.26. The molecule has 0 radical (unpaired) electrons. The third-order valence-corrected chi connectivity index (χ3v) is 4.38. The van der Waals surface area contributed by atoms with E-state index in [0.29, 0.717) is 11.4 Å². The van der Waals surface area contributed by atoms with E-state index in [2.05, 4.69) is 5.32 Å². The zero-order chi connectivity index (χ0) is 18.4. The number of carbonyl (C=O) groups is 1. The summed E-state index contributed by atoms with van der Waals surface area (Å²) in [6.07, 6.45) is 1.62. The van der Waals surface area contributed by atoms with Crippen LogP contribution in [0.1, 0.15) is 12.8 Å². The number of carbonyl (C=O) groups excluding carboxylic acids is 1. The Labute approximate surface area is 151 Å². The van der Waals surface area contributed by atoms with Crippen molar-refractivity contribution < 1.29 is 14.5 Å². The van der Waals surface area contributed by atoms with Gasteiger partial charge in [0.25, 0.3) is 5.69 Å². The van der Waals surface area contributed by atoms with Gasteiger partial charge in [0.2, 0.25) is 0 Å². The Kier molecular flexibility index (Phi) is 5.80. The molecule has 3 rings (SSSR count). The van der Waals surface area contributed by atoms with Crippen molar-refractivity contribution in [2.24, 2.45) is 0 Å². The van der Waals surface area contributed by atoms with E-state index in [4.69, 9.17) is 4.74 Å². The maximum Gasteiger partial charge on any atom is 0.325 e. The molecule has 0 bridgehead atoms. The number of hydrogen-bond donors (Lipinski definition) is 1. The fraction of sp³-hybridized carbons (Fsp3) is 0.316. The minimum Gasteiger partial charge on any atom is -0.426 e. The topological polar surface area (TPSA) is 84.7 Å². The van der Waals surface area contributed by atoms with Crippen LogP contribution in [0.15, 0.2) is 54.6 Å². The SMILES string of the molecule is O=C(CN1CCC(Nc2ccccc2[N+](=O)[O-])CC1)Oc1ccccc1. The minimum atomic E-state index is -0.378. The normalized spacial score (nSPS) is 15.4. The first-order valence-electron chi connectivity index (χ1n) is 8.60. The average molecular weight is 355 g/mol. The summed E-state index contributed by atoms with van der Waals surface area (Å²) >= 11 is 0. The molecule has 1 heterocycles. The van der Waals surface area contributed by atoms with Gasteiger partial charge in [0.1, 0.15) is 11.4 Å². The van der Waals surface area contributed by atoms with Gasteiger partial charge < -0.3 is 10.1 Å². The van der Waals surface area contributed by atoms with Crippen LogP contribution in [0.2, 0.25) is 0 Å². The van der Waals surface area contributed by atoms with E-state index < -0.39 is 0 Å². The lowest BCUT2D eigenvalue weighted by molar-refractivity contribution is -0.384. The lowest BCUT2D eigenvalue weighted by Crippen LogP contribution is -2.42. The van der Waals surface area contributed by atoms with E-state index in [9.17, 15) is 14.9 Å². The molecule has 2 aromatic carbocycles. The molecule has 1 fully saturated rings. The molecule has 0 unspecified atom stereocenters. The van der Waals surface area contributed by atoms with Gasteiger partial charge in [0, 0.05) is 25.2 Å². The Morgan fingerprint density at radius 1 is 1.12 bits per heavy atom. The number of likely N-dealkylation sites (tertiary alicyclic amines) is 1. The molecule has 26 heavy (non-hydrogen) atoms. The second kappa shape index (κ2) is 8.44. The van der Waals surface area contributed by atoms with Gasteiger partial charge in [0.15, 0.2) is 0 Å². The molecule has 0 aromatic heterocycles. The third kappa shape index (κ3) is 4.80. The summed E-state index contributed by atoms with van der Waals surface area (Å²) in [6, 6.07) is 15.8. The molecule has 0 saturated carbocycles. The first kappa shape index (κ1) is 17.9. The van der Waals surface area contributed by atoms with Crippen molar-refractivity contribution >= 4 is 17.3 Å². The number of nitro groups is 1. The Hall–Kier alpha value is -2.93. The van der Waals surface area contributed by atoms with Crippen LogP contribution in [-0.4, -0.2) is 41.5 Å². The Morgan fingerprint density at radius 2 is 1.77 bits per heavy atom. The highest BCUT2D eigenvalue weighted by atomic mass is 16.6. The van der Waals surface area contributed by atoms with Crippen molar-refractivity contribution in [3.63, 3.8) is 0 Å². The number of piperidine rings is 1. The maximum absolute atomic E-state index is 12.0. The Bertz CT molecular complexity index is 758. The first-order valence-corrected chi connectivity index (χ1v) is 8.60. The molecule has 0 atom stereocenters.